The van der Waals surface area contributed by atoms with Crippen molar-refractivity contribution >= 4 is 35.0 Å². The Hall–Kier alpha value is -3.05. The van der Waals surface area contributed by atoms with E-state index in [1.807, 2.05) is 78.6 Å². The number of hydrogen-bond acceptors (Lipinski definition) is 3. The van der Waals surface area contributed by atoms with Gasteiger partial charge >= 0.3 is 0 Å². The van der Waals surface area contributed by atoms with E-state index < -0.39 is 0 Å². The number of carbonyl (C=O) groups excluding carboxylic acids is 2. The Bertz CT molecular complexity index is 1130. The molecule has 0 aliphatic carbocycles. The molecule has 1 aliphatic heterocycles. The molecule has 1 atom stereocenters. The van der Waals surface area contributed by atoms with Crippen LogP contribution in [0.2, 0.25) is 0 Å². The maximum atomic E-state index is 12.9. The van der Waals surface area contributed by atoms with Crippen LogP contribution in [-0.2, 0) is 4.79 Å². The zero-order valence-corrected chi connectivity index (χ0v) is 18.8. The highest BCUT2D eigenvalue weighted by molar-refractivity contribution is 8.00. The van der Waals surface area contributed by atoms with Crippen LogP contribution >= 0.6 is 11.8 Å². The van der Waals surface area contributed by atoms with Crippen LogP contribution in [0.25, 0.3) is 0 Å². The zero-order valence-electron chi connectivity index (χ0n) is 18.0. The fourth-order valence-corrected chi connectivity index (χ4v) is 5.08. The number of rotatable bonds is 5. The van der Waals surface area contributed by atoms with Gasteiger partial charge in [-0.05, 0) is 53.8 Å². The Labute approximate surface area is 187 Å². The van der Waals surface area contributed by atoms with Gasteiger partial charge < -0.3 is 5.32 Å². The number of thioether (sulfide) groups is 1. The lowest BCUT2D eigenvalue weighted by Crippen LogP contribution is -2.29. The molecule has 0 saturated carbocycles. The van der Waals surface area contributed by atoms with Crippen LogP contribution in [0.4, 0.5) is 11.4 Å². The van der Waals surface area contributed by atoms with Gasteiger partial charge in [-0.15, -0.1) is 11.8 Å². The fourth-order valence-electron chi connectivity index (χ4n) is 3.92. The van der Waals surface area contributed by atoms with Crippen LogP contribution in [0.1, 0.15) is 52.2 Å². The first-order valence-corrected chi connectivity index (χ1v) is 11.5. The molecule has 1 aliphatic rings. The number of carbonyl (C=O) groups is 2. The minimum Gasteiger partial charge on any atom is -0.322 e. The molecule has 158 valence electrons. The maximum absolute atomic E-state index is 12.9. The Kier molecular flexibility index (Phi) is 6.14. The van der Waals surface area contributed by atoms with Gasteiger partial charge in [0.15, 0.2) is 0 Å². The van der Waals surface area contributed by atoms with Crippen molar-refractivity contribution in [2.24, 2.45) is 0 Å². The number of nitrogens with one attached hydrogen (secondary N) is 1. The van der Waals surface area contributed by atoms with Crippen molar-refractivity contribution in [2.75, 3.05) is 16.0 Å². The van der Waals surface area contributed by atoms with E-state index in [9.17, 15) is 9.59 Å². The van der Waals surface area contributed by atoms with E-state index in [-0.39, 0.29) is 17.2 Å². The quantitative estimate of drug-likeness (QED) is 0.528. The van der Waals surface area contributed by atoms with Crippen LogP contribution in [0.15, 0.2) is 72.8 Å². The van der Waals surface area contributed by atoms with Crippen LogP contribution in [0.5, 0.6) is 0 Å². The first kappa shape index (κ1) is 21.2. The van der Waals surface area contributed by atoms with Crippen LogP contribution in [-0.4, -0.2) is 17.6 Å². The Morgan fingerprint density at radius 2 is 1.77 bits per heavy atom. The van der Waals surface area contributed by atoms with Gasteiger partial charge in [-0.3, -0.25) is 14.5 Å². The number of anilines is 2. The molecule has 31 heavy (non-hydrogen) atoms. The zero-order chi connectivity index (χ0) is 22.0. The van der Waals surface area contributed by atoms with Gasteiger partial charge in [0.1, 0.15) is 5.37 Å². The van der Waals surface area contributed by atoms with Crippen molar-refractivity contribution in [3.8, 4) is 0 Å². The SMILES string of the molecule is Cc1ccccc1C(=O)Nc1cccc(C2SCC(=O)N2c2ccccc2C(C)C)c1. The summed E-state index contributed by atoms with van der Waals surface area (Å²) in [6, 6.07) is 23.4. The van der Waals surface area contributed by atoms with E-state index >= 15 is 0 Å². The van der Waals surface area contributed by atoms with Crippen molar-refractivity contribution in [3.63, 3.8) is 0 Å². The van der Waals surface area contributed by atoms with Gasteiger partial charge in [0, 0.05) is 16.9 Å². The normalized spacial score (nSPS) is 16.1. The van der Waals surface area contributed by atoms with Crippen LogP contribution in [0, 0.1) is 6.92 Å². The van der Waals surface area contributed by atoms with Crippen molar-refractivity contribution in [3.05, 3.63) is 95.1 Å². The number of nitrogens with zero attached hydrogens (tertiary/aromatic N) is 1. The molecule has 2 amide bonds. The number of hydrogen-bond donors (Lipinski definition) is 1. The van der Waals surface area contributed by atoms with Gasteiger partial charge in [-0.2, -0.15) is 0 Å². The van der Waals surface area contributed by atoms with Gasteiger partial charge in [0.25, 0.3) is 5.91 Å². The first-order chi connectivity index (χ1) is 15.0. The molecule has 0 bridgehead atoms. The molecule has 0 aromatic heterocycles. The molecular formula is C26H26N2O2S. The van der Waals surface area contributed by atoms with Gasteiger partial charge in [-0.1, -0.05) is 62.4 Å². The summed E-state index contributed by atoms with van der Waals surface area (Å²) in [6.45, 7) is 6.21. The maximum Gasteiger partial charge on any atom is 0.255 e. The summed E-state index contributed by atoms with van der Waals surface area (Å²) in [4.78, 5) is 27.5. The lowest BCUT2D eigenvalue weighted by atomic mass is 10.00. The molecule has 1 N–H and O–H groups in total. The third-order valence-corrected chi connectivity index (χ3v) is 6.72. The average molecular weight is 431 g/mol. The summed E-state index contributed by atoms with van der Waals surface area (Å²) in [7, 11) is 0. The summed E-state index contributed by atoms with van der Waals surface area (Å²) in [5, 5.41) is 2.88. The summed E-state index contributed by atoms with van der Waals surface area (Å²) in [5.41, 5.74) is 5.44. The second-order valence-electron chi connectivity index (χ2n) is 8.04. The lowest BCUT2D eigenvalue weighted by molar-refractivity contribution is -0.115. The monoisotopic (exact) mass is 430 g/mol. The van der Waals surface area contributed by atoms with Crippen molar-refractivity contribution in [2.45, 2.75) is 32.1 Å². The van der Waals surface area contributed by atoms with Gasteiger partial charge in [0.05, 0.1) is 5.75 Å². The molecule has 0 spiro atoms. The number of aryl methyl sites for hydroxylation is 1. The highest BCUT2D eigenvalue weighted by Crippen LogP contribution is 2.44. The molecule has 1 saturated heterocycles. The predicted octanol–water partition coefficient (Wildman–Crippen LogP) is 6.15. The third kappa shape index (κ3) is 4.37. The average Bonchev–Trinajstić information content (AvgIpc) is 3.15. The van der Waals surface area contributed by atoms with Gasteiger partial charge in [0.2, 0.25) is 5.91 Å². The van der Waals surface area contributed by atoms with Crippen LogP contribution in [0.3, 0.4) is 0 Å². The highest BCUT2D eigenvalue weighted by Gasteiger charge is 2.35. The predicted molar refractivity (Wildman–Crippen MR) is 129 cm³/mol. The van der Waals surface area contributed by atoms with Crippen molar-refractivity contribution < 1.29 is 9.59 Å². The van der Waals surface area contributed by atoms with Gasteiger partial charge in [-0.25, -0.2) is 0 Å². The molecule has 4 nitrogen and oxygen atoms in total. The van der Waals surface area contributed by atoms with E-state index in [0.717, 1.165) is 28.1 Å². The standard InChI is InChI=1S/C26H26N2O2S/c1-17(2)21-12-6-7-14-23(21)28-24(29)16-31-26(28)19-10-8-11-20(15-19)27-25(30)22-13-5-4-9-18(22)3/h4-15,17,26H,16H2,1-3H3,(H,27,30). The second kappa shape index (κ2) is 8.98. The topological polar surface area (TPSA) is 49.4 Å². The van der Waals surface area contributed by atoms with E-state index in [1.165, 1.54) is 0 Å². The molecule has 0 radical (unpaired) electrons. The lowest BCUT2D eigenvalue weighted by Gasteiger charge is -2.28. The summed E-state index contributed by atoms with van der Waals surface area (Å²) in [5.74, 6) is 0.733. The number of benzene rings is 3. The van der Waals surface area contributed by atoms with E-state index in [0.29, 0.717) is 17.2 Å². The molecule has 1 unspecified atom stereocenters. The fraction of sp³-hybridized carbons (Fsp3) is 0.231. The number of para-hydroxylation sites is 1. The molecule has 5 heteroatoms. The molecule has 3 aromatic carbocycles. The summed E-state index contributed by atoms with van der Waals surface area (Å²) < 4.78 is 0. The Morgan fingerprint density at radius 1 is 1.03 bits per heavy atom. The number of amides is 2. The molecule has 1 fully saturated rings. The minimum atomic E-state index is -0.132. The largest absolute Gasteiger partial charge is 0.322 e. The van der Waals surface area contributed by atoms with E-state index in [2.05, 4.69) is 25.2 Å². The smallest absolute Gasteiger partial charge is 0.255 e. The third-order valence-electron chi connectivity index (χ3n) is 5.51. The summed E-state index contributed by atoms with van der Waals surface area (Å²) >= 11 is 1.62. The Morgan fingerprint density at radius 3 is 2.55 bits per heavy atom. The first-order valence-electron chi connectivity index (χ1n) is 10.4. The van der Waals surface area contributed by atoms with Crippen LogP contribution < -0.4 is 10.2 Å². The second-order valence-corrected chi connectivity index (χ2v) is 9.10. The minimum absolute atomic E-state index is 0.109. The molecular weight excluding hydrogens is 404 g/mol. The molecule has 3 aromatic rings. The van der Waals surface area contributed by atoms with E-state index in [1.54, 1.807) is 11.8 Å². The Balaban J connectivity index is 1.63. The molecule has 1 heterocycles. The molecule has 4 rings (SSSR count). The van der Waals surface area contributed by atoms with Crippen molar-refractivity contribution in [1.29, 1.82) is 0 Å². The van der Waals surface area contributed by atoms with Crippen molar-refractivity contribution in [1.82, 2.24) is 0 Å². The highest BCUT2D eigenvalue weighted by atomic mass is 32.2. The summed E-state index contributed by atoms with van der Waals surface area (Å²) in [6.07, 6.45) is 0. The van der Waals surface area contributed by atoms with E-state index in [4.69, 9.17) is 0 Å².